The Morgan fingerprint density at radius 1 is 1.07 bits per heavy atom. The highest BCUT2D eigenvalue weighted by atomic mass is 35.5. The maximum atomic E-state index is 5.87. The molecule has 0 amide bonds. The Hall–Kier alpha value is -1.32. The van der Waals surface area contributed by atoms with Crippen LogP contribution < -0.4 is 5.73 Å². The van der Waals surface area contributed by atoms with Crippen LogP contribution in [0.3, 0.4) is 0 Å². The number of benzene rings is 1. The van der Waals surface area contributed by atoms with Crippen LogP contribution in [0.15, 0.2) is 30.3 Å². The van der Waals surface area contributed by atoms with E-state index in [1.54, 1.807) is 18.2 Å². The van der Waals surface area contributed by atoms with Crippen molar-refractivity contribution in [2.75, 3.05) is 5.73 Å². The van der Waals surface area contributed by atoms with Crippen molar-refractivity contribution in [3.05, 3.63) is 40.5 Å². The van der Waals surface area contributed by atoms with E-state index in [9.17, 15) is 0 Å². The van der Waals surface area contributed by atoms with Crippen LogP contribution in [0.1, 0.15) is 0 Å². The van der Waals surface area contributed by atoms with Crippen molar-refractivity contribution in [1.82, 2.24) is 9.97 Å². The van der Waals surface area contributed by atoms with Crippen LogP contribution in [0.25, 0.3) is 11.3 Å². The summed E-state index contributed by atoms with van der Waals surface area (Å²) in [5, 5.41) is 0.957. The summed E-state index contributed by atoms with van der Waals surface area (Å²) in [7, 11) is 0. The topological polar surface area (TPSA) is 51.8 Å². The molecule has 0 unspecified atom stereocenters. The molecule has 2 aromatic rings. The highest BCUT2D eigenvalue weighted by molar-refractivity contribution is 6.31. The number of hydrogen-bond acceptors (Lipinski definition) is 3. The van der Waals surface area contributed by atoms with Gasteiger partial charge in [-0.05, 0) is 12.1 Å². The summed E-state index contributed by atoms with van der Waals surface area (Å²) < 4.78 is 0. The molecule has 0 bridgehead atoms. The largest absolute Gasteiger partial charge is 0.368 e. The van der Waals surface area contributed by atoms with Crippen LogP contribution in [0.5, 0.6) is 0 Å². The van der Waals surface area contributed by atoms with E-state index in [1.165, 1.54) is 0 Å². The molecular weight excluding hydrogens is 233 g/mol. The zero-order valence-corrected chi connectivity index (χ0v) is 9.13. The Kier molecular flexibility index (Phi) is 2.75. The van der Waals surface area contributed by atoms with Crippen LogP contribution >= 0.6 is 23.2 Å². The van der Waals surface area contributed by atoms with Gasteiger partial charge in [-0.2, -0.15) is 0 Å². The van der Waals surface area contributed by atoms with Crippen molar-refractivity contribution in [2.24, 2.45) is 0 Å². The Morgan fingerprint density at radius 3 is 2.53 bits per heavy atom. The van der Waals surface area contributed by atoms with Gasteiger partial charge in [0.2, 0.25) is 5.95 Å². The van der Waals surface area contributed by atoms with E-state index < -0.39 is 0 Å². The summed E-state index contributed by atoms with van der Waals surface area (Å²) in [6.45, 7) is 0. The van der Waals surface area contributed by atoms with Gasteiger partial charge < -0.3 is 5.73 Å². The van der Waals surface area contributed by atoms with Crippen LogP contribution in [-0.2, 0) is 0 Å². The maximum Gasteiger partial charge on any atom is 0.221 e. The second-order valence-electron chi connectivity index (χ2n) is 2.94. The molecule has 3 nitrogen and oxygen atoms in total. The second-order valence-corrected chi connectivity index (χ2v) is 3.77. The van der Waals surface area contributed by atoms with Crippen molar-refractivity contribution in [1.29, 1.82) is 0 Å². The molecule has 1 aromatic carbocycles. The molecule has 5 heteroatoms. The Bertz CT molecular complexity index is 480. The predicted molar refractivity (Wildman–Crippen MR) is 61.9 cm³/mol. The van der Waals surface area contributed by atoms with Crippen molar-refractivity contribution in [3.63, 3.8) is 0 Å². The average Bonchev–Trinajstić information content (AvgIpc) is 2.16. The quantitative estimate of drug-likeness (QED) is 0.779. The van der Waals surface area contributed by atoms with E-state index in [1.807, 2.05) is 12.1 Å². The molecule has 0 saturated carbocycles. The molecule has 15 heavy (non-hydrogen) atoms. The van der Waals surface area contributed by atoms with E-state index in [4.69, 9.17) is 28.9 Å². The van der Waals surface area contributed by atoms with Crippen LogP contribution in [0, 0.1) is 0 Å². The number of anilines is 1. The fraction of sp³-hybridized carbons (Fsp3) is 0. The molecular formula is C10H7Cl2N3. The van der Waals surface area contributed by atoms with Crippen LogP contribution in [-0.4, -0.2) is 9.97 Å². The zero-order chi connectivity index (χ0) is 10.8. The number of nitrogen functional groups attached to an aromatic ring is 1. The number of rotatable bonds is 1. The van der Waals surface area contributed by atoms with Gasteiger partial charge in [0.25, 0.3) is 0 Å². The van der Waals surface area contributed by atoms with E-state index in [2.05, 4.69) is 9.97 Å². The summed E-state index contributed by atoms with van der Waals surface area (Å²) in [6.07, 6.45) is 0. The standard InChI is InChI=1S/C10H7Cl2N3/c11-7-3-1-2-6(4-7)8-5-9(12)15-10(13)14-8/h1-5H,(H2,13,14,15). The smallest absolute Gasteiger partial charge is 0.221 e. The normalized spacial score (nSPS) is 10.3. The molecule has 0 spiro atoms. The highest BCUT2D eigenvalue weighted by Crippen LogP contribution is 2.23. The first-order valence-corrected chi connectivity index (χ1v) is 4.97. The molecule has 2 N–H and O–H groups in total. The van der Waals surface area contributed by atoms with Crippen molar-refractivity contribution < 1.29 is 0 Å². The first-order valence-electron chi connectivity index (χ1n) is 4.21. The van der Waals surface area contributed by atoms with E-state index in [-0.39, 0.29) is 5.95 Å². The fourth-order valence-electron chi connectivity index (χ4n) is 1.23. The lowest BCUT2D eigenvalue weighted by Crippen LogP contribution is -1.96. The highest BCUT2D eigenvalue weighted by Gasteiger charge is 2.03. The zero-order valence-electron chi connectivity index (χ0n) is 7.61. The third kappa shape index (κ3) is 2.37. The number of aromatic nitrogens is 2. The van der Waals surface area contributed by atoms with Gasteiger partial charge in [-0.15, -0.1) is 0 Å². The summed E-state index contributed by atoms with van der Waals surface area (Å²) in [5.41, 5.74) is 7.02. The first-order chi connectivity index (χ1) is 7.15. The van der Waals surface area contributed by atoms with E-state index in [0.717, 1.165) is 5.56 Å². The van der Waals surface area contributed by atoms with Gasteiger partial charge in [0.05, 0.1) is 5.69 Å². The SMILES string of the molecule is Nc1nc(Cl)cc(-c2cccc(Cl)c2)n1. The molecule has 0 aliphatic rings. The summed E-state index contributed by atoms with van der Waals surface area (Å²) >= 11 is 11.6. The lowest BCUT2D eigenvalue weighted by atomic mass is 10.1. The van der Waals surface area contributed by atoms with Crippen molar-refractivity contribution in [3.8, 4) is 11.3 Å². The second kappa shape index (κ2) is 4.04. The Morgan fingerprint density at radius 2 is 1.87 bits per heavy atom. The van der Waals surface area contributed by atoms with Gasteiger partial charge in [0, 0.05) is 16.7 Å². The van der Waals surface area contributed by atoms with E-state index in [0.29, 0.717) is 15.9 Å². The Labute approximate surface area is 96.9 Å². The van der Waals surface area contributed by atoms with Crippen LogP contribution in [0.4, 0.5) is 5.95 Å². The predicted octanol–water partition coefficient (Wildman–Crippen LogP) is 3.03. The van der Waals surface area contributed by atoms with Gasteiger partial charge >= 0.3 is 0 Å². The molecule has 76 valence electrons. The third-order valence-corrected chi connectivity index (χ3v) is 2.26. The average molecular weight is 240 g/mol. The van der Waals surface area contributed by atoms with Gasteiger partial charge in [-0.3, -0.25) is 0 Å². The molecule has 1 aromatic heterocycles. The molecule has 1 heterocycles. The minimum atomic E-state index is 0.150. The molecule has 0 aliphatic heterocycles. The van der Waals surface area contributed by atoms with Gasteiger partial charge in [0.15, 0.2) is 0 Å². The molecule has 0 radical (unpaired) electrons. The minimum absolute atomic E-state index is 0.150. The molecule has 2 rings (SSSR count). The maximum absolute atomic E-state index is 5.87. The fourth-order valence-corrected chi connectivity index (χ4v) is 1.61. The number of halogens is 2. The summed E-state index contributed by atoms with van der Waals surface area (Å²) in [6, 6.07) is 8.94. The van der Waals surface area contributed by atoms with Crippen molar-refractivity contribution >= 4 is 29.2 Å². The minimum Gasteiger partial charge on any atom is -0.368 e. The van der Waals surface area contributed by atoms with Crippen LogP contribution in [0.2, 0.25) is 10.2 Å². The Balaban J connectivity index is 2.54. The lowest BCUT2D eigenvalue weighted by Gasteiger charge is -2.02. The van der Waals surface area contributed by atoms with E-state index >= 15 is 0 Å². The monoisotopic (exact) mass is 239 g/mol. The van der Waals surface area contributed by atoms with Crippen molar-refractivity contribution in [2.45, 2.75) is 0 Å². The lowest BCUT2D eigenvalue weighted by molar-refractivity contribution is 1.19. The number of nitrogens with two attached hydrogens (primary N) is 1. The summed E-state index contributed by atoms with van der Waals surface area (Å²) in [4.78, 5) is 7.85. The van der Waals surface area contributed by atoms with Gasteiger partial charge in [0.1, 0.15) is 5.15 Å². The van der Waals surface area contributed by atoms with Gasteiger partial charge in [-0.25, -0.2) is 9.97 Å². The molecule has 0 atom stereocenters. The molecule has 0 fully saturated rings. The summed E-state index contributed by atoms with van der Waals surface area (Å²) in [5.74, 6) is 0.150. The number of nitrogens with zero attached hydrogens (tertiary/aromatic N) is 2. The third-order valence-electron chi connectivity index (χ3n) is 1.83. The van der Waals surface area contributed by atoms with Gasteiger partial charge in [-0.1, -0.05) is 35.3 Å². The number of hydrogen-bond donors (Lipinski definition) is 1. The molecule has 0 aliphatic carbocycles. The first kappa shape index (κ1) is 10.2. The molecule has 0 saturated heterocycles.